The molecule has 2 aromatic heterocycles. The molecular weight excluding hydrogens is 310 g/mol. The predicted molar refractivity (Wildman–Crippen MR) is 90.5 cm³/mol. The number of Topliss-reactive ketones (excluding diaryl/α,β-unsaturated/α-hetero) is 1. The van der Waals surface area contributed by atoms with Crippen LogP contribution in [0.4, 0.5) is 0 Å². The van der Waals surface area contributed by atoms with Crippen LogP contribution in [0.15, 0.2) is 23.6 Å². The summed E-state index contributed by atoms with van der Waals surface area (Å²) in [4.78, 5) is 27.9. The van der Waals surface area contributed by atoms with E-state index in [1.165, 1.54) is 10.5 Å². The number of rotatable bonds is 3. The minimum Gasteiger partial charge on any atom is -0.332 e. The molecule has 0 saturated heterocycles. The lowest BCUT2D eigenvalue weighted by atomic mass is 10.0. The summed E-state index contributed by atoms with van der Waals surface area (Å²) in [6, 6.07) is 4.11. The van der Waals surface area contributed by atoms with Crippen molar-refractivity contribution in [2.24, 2.45) is 7.05 Å². The van der Waals surface area contributed by atoms with E-state index in [9.17, 15) is 9.59 Å². The SMILES string of the molecule is Cc1nn(C)c(C)c1C(=O)C(=O)N1CC=C(c2cccs2)CC1. The maximum absolute atomic E-state index is 12.5. The third-order valence-corrected chi connectivity index (χ3v) is 5.21. The first kappa shape index (κ1) is 15.7. The number of thiophene rings is 1. The molecule has 0 bridgehead atoms. The van der Waals surface area contributed by atoms with Crippen LogP contribution in [0, 0.1) is 13.8 Å². The lowest BCUT2D eigenvalue weighted by molar-refractivity contribution is -0.126. The van der Waals surface area contributed by atoms with Crippen molar-refractivity contribution in [2.45, 2.75) is 20.3 Å². The quantitative estimate of drug-likeness (QED) is 0.642. The van der Waals surface area contributed by atoms with Crippen LogP contribution in [0.5, 0.6) is 0 Å². The highest BCUT2D eigenvalue weighted by Gasteiger charge is 2.29. The Labute approximate surface area is 139 Å². The van der Waals surface area contributed by atoms with Gasteiger partial charge in [0.05, 0.1) is 11.3 Å². The van der Waals surface area contributed by atoms with Crippen molar-refractivity contribution in [1.82, 2.24) is 14.7 Å². The minimum atomic E-state index is -0.457. The van der Waals surface area contributed by atoms with E-state index < -0.39 is 11.7 Å². The van der Waals surface area contributed by atoms with Gasteiger partial charge in [-0.15, -0.1) is 11.3 Å². The zero-order chi connectivity index (χ0) is 16.6. The lowest BCUT2D eigenvalue weighted by Gasteiger charge is -2.25. The molecule has 0 spiro atoms. The van der Waals surface area contributed by atoms with E-state index in [1.54, 1.807) is 34.9 Å². The Morgan fingerprint density at radius 2 is 2.09 bits per heavy atom. The molecule has 0 saturated carbocycles. The Kier molecular flexibility index (Phi) is 4.17. The van der Waals surface area contributed by atoms with Gasteiger partial charge < -0.3 is 4.90 Å². The number of aromatic nitrogens is 2. The third kappa shape index (κ3) is 2.86. The first-order valence-corrected chi connectivity index (χ1v) is 8.43. The summed E-state index contributed by atoms with van der Waals surface area (Å²) >= 11 is 1.70. The number of aryl methyl sites for hydroxylation is 2. The van der Waals surface area contributed by atoms with Gasteiger partial charge in [0.1, 0.15) is 0 Å². The van der Waals surface area contributed by atoms with E-state index in [1.807, 2.05) is 24.4 Å². The van der Waals surface area contributed by atoms with Gasteiger partial charge >= 0.3 is 0 Å². The Morgan fingerprint density at radius 1 is 1.30 bits per heavy atom. The maximum atomic E-state index is 12.5. The number of hydrogen-bond donors (Lipinski definition) is 0. The molecule has 0 N–H and O–H groups in total. The summed E-state index contributed by atoms with van der Waals surface area (Å²) in [6.07, 6.45) is 2.83. The van der Waals surface area contributed by atoms with Crippen molar-refractivity contribution in [3.05, 3.63) is 45.4 Å². The molecule has 0 aromatic carbocycles. The van der Waals surface area contributed by atoms with Crippen LogP contribution in [-0.4, -0.2) is 39.5 Å². The van der Waals surface area contributed by atoms with Gasteiger partial charge in [-0.3, -0.25) is 14.3 Å². The molecule has 3 rings (SSSR count). The van der Waals surface area contributed by atoms with E-state index in [2.05, 4.69) is 11.2 Å². The number of nitrogens with zero attached hydrogens (tertiary/aromatic N) is 3. The second-order valence-electron chi connectivity index (χ2n) is 5.71. The van der Waals surface area contributed by atoms with Gasteiger partial charge in [-0.1, -0.05) is 12.1 Å². The minimum absolute atomic E-state index is 0.436. The monoisotopic (exact) mass is 329 g/mol. The highest BCUT2D eigenvalue weighted by molar-refractivity contribution is 7.11. The van der Waals surface area contributed by atoms with Crippen molar-refractivity contribution in [1.29, 1.82) is 0 Å². The zero-order valence-electron chi connectivity index (χ0n) is 13.5. The summed E-state index contributed by atoms with van der Waals surface area (Å²) < 4.78 is 1.64. The summed E-state index contributed by atoms with van der Waals surface area (Å²) in [5, 5.41) is 6.27. The van der Waals surface area contributed by atoms with Crippen molar-refractivity contribution in [3.8, 4) is 0 Å². The second-order valence-corrected chi connectivity index (χ2v) is 6.65. The molecule has 0 atom stereocenters. The summed E-state index contributed by atoms with van der Waals surface area (Å²) in [5.41, 5.74) is 3.03. The number of carbonyl (C=O) groups excluding carboxylic acids is 2. The predicted octanol–water partition coefficient (Wildman–Crippen LogP) is 2.60. The standard InChI is InChI=1S/C17H19N3O2S/c1-11-15(12(2)19(3)18-11)16(21)17(22)20-8-6-13(7-9-20)14-5-4-10-23-14/h4-6,10H,7-9H2,1-3H3. The molecule has 1 aliphatic heterocycles. The Morgan fingerprint density at radius 3 is 2.61 bits per heavy atom. The van der Waals surface area contributed by atoms with Gasteiger partial charge in [-0.05, 0) is 37.3 Å². The van der Waals surface area contributed by atoms with Gasteiger partial charge in [0.2, 0.25) is 0 Å². The highest BCUT2D eigenvalue weighted by atomic mass is 32.1. The molecule has 120 valence electrons. The number of amides is 1. The average Bonchev–Trinajstić information content (AvgIpc) is 3.16. The van der Waals surface area contributed by atoms with Crippen LogP contribution in [0.3, 0.4) is 0 Å². The second kappa shape index (κ2) is 6.12. The Balaban J connectivity index is 1.76. The van der Waals surface area contributed by atoms with Crippen molar-refractivity contribution in [3.63, 3.8) is 0 Å². The summed E-state index contributed by atoms with van der Waals surface area (Å²) in [6.45, 7) is 4.63. The van der Waals surface area contributed by atoms with Crippen LogP contribution in [-0.2, 0) is 11.8 Å². The molecular formula is C17H19N3O2S. The summed E-state index contributed by atoms with van der Waals surface area (Å²) in [5.74, 6) is -0.897. The molecule has 6 heteroatoms. The topological polar surface area (TPSA) is 55.2 Å². The first-order valence-electron chi connectivity index (χ1n) is 7.55. The fourth-order valence-electron chi connectivity index (χ4n) is 2.89. The maximum Gasteiger partial charge on any atom is 0.295 e. The van der Waals surface area contributed by atoms with E-state index in [0.29, 0.717) is 24.3 Å². The Bertz CT molecular complexity index is 787. The van der Waals surface area contributed by atoms with E-state index in [4.69, 9.17) is 0 Å². The van der Waals surface area contributed by atoms with E-state index in [-0.39, 0.29) is 0 Å². The van der Waals surface area contributed by atoms with Crippen molar-refractivity contribution >= 4 is 28.6 Å². The first-order chi connectivity index (χ1) is 11.0. The third-order valence-electron chi connectivity index (χ3n) is 4.26. The van der Waals surface area contributed by atoms with Crippen LogP contribution in [0.2, 0.25) is 0 Å². The lowest BCUT2D eigenvalue weighted by Crippen LogP contribution is -2.39. The fraction of sp³-hybridized carbons (Fsp3) is 0.353. The zero-order valence-corrected chi connectivity index (χ0v) is 14.3. The van der Waals surface area contributed by atoms with Gasteiger partial charge in [0, 0.05) is 30.7 Å². The normalized spacial score (nSPS) is 14.7. The van der Waals surface area contributed by atoms with E-state index in [0.717, 1.165) is 12.1 Å². The molecule has 5 nitrogen and oxygen atoms in total. The highest BCUT2D eigenvalue weighted by Crippen LogP contribution is 2.26. The van der Waals surface area contributed by atoms with Crippen molar-refractivity contribution < 1.29 is 9.59 Å². The molecule has 3 heterocycles. The molecule has 1 amide bonds. The van der Waals surface area contributed by atoms with Crippen LogP contribution in [0.25, 0.3) is 5.57 Å². The van der Waals surface area contributed by atoms with Crippen LogP contribution in [0.1, 0.15) is 33.0 Å². The molecule has 0 aliphatic carbocycles. The number of hydrogen-bond acceptors (Lipinski definition) is 4. The van der Waals surface area contributed by atoms with Gasteiger partial charge in [-0.25, -0.2) is 0 Å². The number of carbonyl (C=O) groups is 2. The van der Waals surface area contributed by atoms with Crippen LogP contribution < -0.4 is 0 Å². The largest absolute Gasteiger partial charge is 0.332 e. The van der Waals surface area contributed by atoms with Gasteiger partial charge in [0.15, 0.2) is 0 Å². The molecule has 0 unspecified atom stereocenters. The van der Waals surface area contributed by atoms with Crippen LogP contribution >= 0.6 is 11.3 Å². The smallest absolute Gasteiger partial charge is 0.295 e. The summed E-state index contributed by atoms with van der Waals surface area (Å²) in [7, 11) is 1.78. The average molecular weight is 329 g/mol. The molecule has 23 heavy (non-hydrogen) atoms. The molecule has 0 radical (unpaired) electrons. The van der Waals surface area contributed by atoms with Crippen molar-refractivity contribution in [2.75, 3.05) is 13.1 Å². The fourth-order valence-corrected chi connectivity index (χ4v) is 3.69. The van der Waals surface area contributed by atoms with Gasteiger partial charge in [0.25, 0.3) is 11.7 Å². The Hall–Kier alpha value is -2.21. The van der Waals surface area contributed by atoms with Gasteiger partial charge in [-0.2, -0.15) is 5.10 Å². The molecule has 0 fully saturated rings. The number of ketones is 1. The molecule has 1 aliphatic rings. The molecule has 2 aromatic rings. The van der Waals surface area contributed by atoms with E-state index >= 15 is 0 Å².